The lowest BCUT2D eigenvalue weighted by atomic mass is 10.1. The smallest absolute Gasteiger partial charge is 0.315 e. The predicted molar refractivity (Wildman–Crippen MR) is 67.4 cm³/mol. The largest absolute Gasteiger partial charge is 0.481 e. The molecule has 2 amide bonds. The third kappa shape index (κ3) is 3.46. The molecule has 2 rings (SSSR count). The molecule has 1 unspecified atom stereocenters. The number of carbonyl (C=O) groups excluding carboxylic acids is 1. The summed E-state index contributed by atoms with van der Waals surface area (Å²) >= 11 is 0. The average molecular weight is 266 g/mol. The molecule has 0 spiro atoms. The molecular formula is C12H18N4O3. The molecule has 1 aliphatic rings. The molecule has 3 atom stereocenters. The van der Waals surface area contributed by atoms with E-state index >= 15 is 0 Å². The Labute approximate surface area is 110 Å². The summed E-state index contributed by atoms with van der Waals surface area (Å²) in [6.07, 6.45) is 5.14. The van der Waals surface area contributed by atoms with Gasteiger partial charge in [-0.3, -0.25) is 4.79 Å². The summed E-state index contributed by atoms with van der Waals surface area (Å²) in [5, 5.41) is 14.5. The summed E-state index contributed by atoms with van der Waals surface area (Å²) in [4.78, 5) is 29.6. The van der Waals surface area contributed by atoms with Crippen LogP contribution in [0.1, 0.15) is 38.1 Å². The van der Waals surface area contributed by atoms with Gasteiger partial charge < -0.3 is 20.7 Å². The number of carboxylic acids is 1. The van der Waals surface area contributed by atoms with E-state index in [-0.39, 0.29) is 24.0 Å². The van der Waals surface area contributed by atoms with Crippen LogP contribution in [0.15, 0.2) is 12.4 Å². The Balaban J connectivity index is 1.78. The van der Waals surface area contributed by atoms with Crippen molar-refractivity contribution in [2.24, 2.45) is 5.92 Å². The zero-order valence-corrected chi connectivity index (χ0v) is 10.7. The molecular weight excluding hydrogens is 248 g/mol. The van der Waals surface area contributed by atoms with Crippen LogP contribution in [-0.2, 0) is 4.79 Å². The zero-order chi connectivity index (χ0) is 13.8. The van der Waals surface area contributed by atoms with E-state index in [0.29, 0.717) is 25.1 Å². The first-order valence-electron chi connectivity index (χ1n) is 6.35. The van der Waals surface area contributed by atoms with Crippen LogP contribution in [0.2, 0.25) is 0 Å². The van der Waals surface area contributed by atoms with Crippen LogP contribution in [-0.4, -0.2) is 33.1 Å². The van der Waals surface area contributed by atoms with Gasteiger partial charge in [0.05, 0.1) is 12.0 Å². The Bertz CT molecular complexity index is 446. The second kappa shape index (κ2) is 5.73. The van der Waals surface area contributed by atoms with Crippen molar-refractivity contribution in [1.29, 1.82) is 0 Å². The van der Waals surface area contributed by atoms with E-state index in [1.165, 1.54) is 0 Å². The maximum atomic E-state index is 11.8. The molecule has 0 aliphatic heterocycles. The van der Waals surface area contributed by atoms with Crippen LogP contribution >= 0.6 is 0 Å². The SMILES string of the molecule is CC(NC(=O)N[C@H]1CC[C@@H](C(=O)O)C1)c1ncc[nH]1. The monoisotopic (exact) mass is 266 g/mol. The number of amides is 2. The number of aromatic nitrogens is 2. The van der Waals surface area contributed by atoms with Crippen LogP contribution in [0, 0.1) is 5.92 Å². The highest BCUT2D eigenvalue weighted by molar-refractivity contribution is 5.75. The standard InChI is InChI=1S/C12H18N4O3/c1-7(10-13-4-5-14-10)15-12(19)16-9-3-2-8(6-9)11(17)18/h4-5,7-9H,2-3,6H2,1H3,(H,13,14)(H,17,18)(H2,15,16,19)/t7?,8-,9+/m1/s1. The highest BCUT2D eigenvalue weighted by Gasteiger charge is 2.30. The first-order chi connectivity index (χ1) is 9.06. The van der Waals surface area contributed by atoms with Crippen molar-refractivity contribution in [3.63, 3.8) is 0 Å². The first-order valence-corrected chi connectivity index (χ1v) is 6.35. The number of rotatable bonds is 4. The van der Waals surface area contributed by atoms with Crippen molar-refractivity contribution < 1.29 is 14.7 Å². The number of aliphatic carboxylic acids is 1. The Hall–Kier alpha value is -2.05. The second-order valence-corrected chi connectivity index (χ2v) is 4.86. The molecule has 1 aliphatic carbocycles. The fraction of sp³-hybridized carbons (Fsp3) is 0.583. The molecule has 0 bridgehead atoms. The van der Waals surface area contributed by atoms with Crippen LogP contribution < -0.4 is 10.6 Å². The van der Waals surface area contributed by atoms with E-state index in [9.17, 15) is 9.59 Å². The highest BCUT2D eigenvalue weighted by atomic mass is 16.4. The molecule has 1 heterocycles. The molecule has 1 saturated carbocycles. The maximum Gasteiger partial charge on any atom is 0.315 e. The normalized spacial score (nSPS) is 23.8. The fourth-order valence-corrected chi connectivity index (χ4v) is 2.34. The lowest BCUT2D eigenvalue weighted by molar-refractivity contribution is -0.141. The molecule has 7 heteroatoms. The number of carboxylic acid groups (broad SMARTS) is 1. The van der Waals surface area contributed by atoms with Gasteiger partial charge in [0.25, 0.3) is 0 Å². The number of nitrogens with zero attached hydrogens (tertiary/aromatic N) is 1. The van der Waals surface area contributed by atoms with Crippen LogP contribution in [0.5, 0.6) is 0 Å². The van der Waals surface area contributed by atoms with Gasteiger partial charge in [-0.25, -0.2) is 9.78 Å². The Morgan fingerprint density at radius 2 is 2.32 bits per heavy atom. The summed E-state index contributed by atoms with van der Waals surface area (Å²) in [6, 6.07) is -0.573. The topological polar surface area (TPSA) is 107 Å². The Kier molecular flexibility index (Phi) is 4.03. The van der Waals surface area contributed by atoms with Crippen LogP contribution in [0.3, 0.4) is 0 Å². The lowest BCUT2D eigenvalue weighted by Crippen LogP contribution is -2.42. The van der Waals surface area contributed by atoms with Gasteiger partial charge in [-0.15, -0.1) is 0 Å². The van der Waals surface area contributed by atoms with E-state index in [1.807, 2.05) is 6.92 Å². The van der Waals surface area contributed by atoms with Crippen LogP contribution in [0.25, 0.3) is 0 Å². The van der Waals surface area contributed by atoms with Gasteiger partial charge in [0.15, 0.2) is 0 Å². The third-order valence-electron chi connectivity index (χ3n) is 3.39. The van der Waals surface area contributed by atoms with E-state index in [2.05, 4.69) is 20.6 Å². The van der Waals surface area contributed by atoms with Crippen molar-refractivity contribution in [3.8, 4) is 0 Å². The predicted octanol–water partition coefficient (Wildman–Crippen LogP) is 1.02. The number of urea groups is 1. The quantitative estimate of drug-likeness (QED) is 0.652. The number of aromatic amines is 1. The minimum atomic E-state index is -0.784. The number of H-pyrrole nitrogens is 1. The molecule has 1 aromatic rings. The molecule has 1 aromatic heterocycles. The summed E-state index contributed by atoms with van der Waals surface area (Å²) < 4.78 is 0. The molecule has 104 valence electrons. The van der Waals surface area contributed by atoms with Crippen molar-refractivity contribution >= 4 is 12.0 Å². The fourth-order valence-electron chi connectivity index (χ4n) is 2.34. The first kappa shape index (κ1) is 13.4. The molecule has 0 saturated heterocycles. The van der Waals surface area contributed by atoms with Gasteiger partial charge in [-0.1, -0.05) is 0 Å². The number of hydrogen-bond donors (Lipinski definition) is 4. The summed E-state index contributed by atoms with van der Waals surface area (Å²) in [7, 11) is 0. The second-order valence-electron chi connectivity index (χ2n) is 4.86. The zero-order valence-electron chi connectivity index (χ0n) is 10.7. The minimum absolute atomic E-state index is 0.0649. The van der Waals surface area contributed by atoms with Gasteiger partial charge in [-0.05, 0) is 26.2 Å². The molecule has 7 nitrogen and oxygen atoms in total. The third-order valence-corrected chi connectivity index (χ3v) is 3.39. The van der Waals surface area contributed by atoms with Crippen molar-refractivity contribution in [2.75, 3.05) is 0 Å². The highest BCUT2D eigenvalue weighted by Crippen LogP contribution is 2.25. The van der Waals surface area contributed by atoms with Gasteiger partial charge in [0.1, 0.15) is 5.82 Å². The summed E-state index contributed by atoms with van der Waals surface area (Å²) in [5.74, 6) is -0.438. The van der Waals surface area contributed by atoms with Gasteiger partial charge >= 0.3 is 12.0 Å². The van der Waals surface area contributed by atoms with Crippen molar-refractivity contribution in [2.45, 2.75) is 38.3 Å². The Morgan fingerprint density at radius 3 is 2.89 bits per heavy atom. The molecule has 4 N–H and O–H groups in total. The summed E-state index contributed by atoms with van der Waals surface area (Å²) in [5.41, 5.74) is 0. The lowest BCUT2D eigenvalue weighted by Gasteiger charge is -2.16. The molecule has 0 aromatic carbocycles. The molecule has 1 fully saturated rings. The van der Waals surface area contributed by atoms with Gasteiger partial charge in [0, 0.05) is 18.4 Å². The van der Waals surface area contributed by atoms with Gasteiger partial charge in [-0.2, -0.15) is 0 Å². The number of imidazole rings is 1. The minimum Gasteiger partial charge on any atom is -0.481 e. The maximum absolute atomic E-state index is 11.8. The Morgan fingerprint density at radius 1 is 1.53 bits per heavy atom. The summed E-state index contributed by atoms with van der Waals surface area (Å²) in [6.45, 7) is 1.83. The number of nitrogens with one attached hydrogen (secondary N) is 3. The van der Waals surface area contributed by atoms with E-state index in [0.717, 1.165) is 0 Å². The van der Waals surface area contributed by atoms with E-state index < -0.39 is 5.97 Å². The van der Waals surface area contributed by atoms with Crippen molar-refractivity contribution in [1.82, 2.24) is 20.6 Å². The molecule has 19 heavy (non-hydrogen) atoms. The molecule has 0 radical (unpaired) electrons. The average Bonchev–Trinajstić information content (AvgIpc) is 2.98. The van der Waals surface area contributed by atoms with E-state index in [4.69, 9.17) is 5.11 Å². The van der Waals surface area contributed by atoms with Gasteiger partial charge in [0.2, 0.25) is 0 Å². The number of hydrogen-bond acceptors (Lipinski definition) is 3. The van der Waals surface area contributed by atoms with E-state index in [1.54, 1.807) is 12.4 Å². The van der Waals surface area contributed by atoms with Crippen LogP contribution in [0.4, 0.5) is 4.79 Å². The van der Waals surface area contributed by atoms with Crippen molar-refractivity contribution in [3.05, 3.63) is 18.2 Å². The number of carbonyl (C=O) groups is 2.